The standard InChI is InChI=1S/C18H27FN2O2/c1-17(2,3)23-16(22)21-18(4,5)11-20-15-9-6-12-10-13(19)7-8-14(12)15/h7-8,10,15,20H,6,9,11H2,1-5H3,(H,21,22). The molecule has 1 aromatic rings. The quantitative estimate of drug-likeness (QED) is 0.888. The van der Waals surface area contributed by atoms with E-state index in [9.17, 15) is 9.18 Å². The number of fused-ring (bicyclic) bond motifs is 1. The average molecular weight is 322 g/mol. The molecule has 0 heterocycles. The van der Waals surface area contributed by atoms with Crippen LogP contribution in [-0.2, 0) is 11.2 Å². The van der Waals surface area contributed by atoms with Crippen molar-refractivity contribution in [3.63, 3.8) is 0 Å². The molecule has 0 fully saturated rings. The number of carbonyl (C=O) groups is 1. The summed E-state index contributed by atoms with van der Waals surface area (Å²) < 4.78 is 18.6. The van der Waals surface area contributed by atoms with Crippen molar-refractivity contribution in [1.82, 2.24) is 10.6 Å². The van der Waals surface area contributed by atoms with E-state index in [1.54, 1.807) is 6.07 Å². The molecule has 5 heteroatoms. The Morgan fingerprint density at radius 3 is 2.65 bits per heavy atom. The maximum atomic E-state index is 13.3. The monoisotopic (exact) mass is 322 g/mol. The number of nitrogens with one attached hydrogen (secondary N) is 2. The van der Waals surface area contributed by atoms with Gasteiger partial charge in [-0.25, -0.2) is 9.18 Å². The van der Waals surface area contributed by atoms with Gasteiger partial charge in [-0.1, -0.05) is 6.07 Å². The molecule has 23 heavy (non-hydrogen) atoms. The minimum absolute atomic E-state index is 0.184. The summed E-state index contributed by atoms with van der Waals surface area (Å²) >= 11 is 0. The molecule has 0 radical (unpaired) electrons. The van der Waals surface area contributed by atoms with E-state index >= 15 is 0 Å². The molecule has 2 N–H and O–H groups in total. The highest BCUT2D eigenvalue weighted by atomic mass is 19.1. The molecule has 1 aliphatic carbocycles. The maximum absolute atomic E-state index is 13.3. The van der Waals surface area contributed by atoms with Crippen LogP contribution in [0, 0.1) is 5.82 Å². The number of hydrogen-bond acceptors (Lipinski definition) is 3. The van der Waals surface area contributed by atoms with Crippen molar-refractivity contribution in [1.29, 1.82) is 0 Å². The Labute approximate surface area is 137 Å². The van der Waals surface area contributed by atoms with Gasteiger partial charge in [0.1, 0.15) is 11.4 Å². The van der Waals surface area contributed by atoms with E-state index in [-0.39, 0.29) is 11.9 Å². The Kier molecular flexibility index (Phi) is 4.99. The number of hydrogen-bond donors (Lipinski definition) is 2. The van der Waals surface area contributed by atoms with Gasteiger partial charge < -0.3 is 15.4 Å². The fourth-order valence-electron chi connectivity index (χ4n) is 2.80. The van der Waals surface area contributed by atoms with Crippen LogP contribution in [0.15, 0.2) is 18.2 Å². The second kappa shape index (κ2) is 6.48. The molecular weight excluding hydrogens is 295 g/mol. The first-order valence-corrected chi connectivity index (χ1v) is 8.09. The van der Waals surface area contributed by atoms with Crippen molar-refractivity contribution in [2.45, 2.75) is 64.6 Å². The highest BCUT2D eigenvalue weighted by Crippen LogP contribution is 2.31. The fraction of sp³-hybridized carbons (Fsp3) is 0.611. The normalized spacial score (nSPS) is 17.7. The minimum Gasteiger partial charge on any atom is -0.444 e. The van der Waals surface area contributed by atoms with Crippen molar-refractivity contribution in [2.75, 3.05) is 6.54 Å². The van der Waals surface area contributed by atoms with Crippen molar-refractivity contribution >= 4 is 6.09 Å². The van der Waals surface area contributed by atoms with Gasteiger partial charge >= 0.3 is 6.09 Å². The number of carbonyl (C=O) groups excluding carboxylic acids is 1. The van der Waals surface area contributed by atoms with E-state index in [1.807, 2.05) is 40.7 Å². The number of ether oxygens (including phenoxy) is 1. The number of benzene rings is 1. The first-order chi connectivity index (χ1) is 10.6. The summed E-state index contributed by atoms with van der Waals surface area (Å²) in [5, 5.41) is 6.36. The zero-order chi connectivity index (χ0) is 17.3. The molecule has 1 aromatic carbocycles. The predicted octanol–water partition coefficient (Wildman–Crippen LogP) is 3.71. The third-order valence-corrected chi connectivity index (χ3v) is 3.81. The molecule has 2 rings (SSSR count). The molecule has 0 aromatic heterocycles. The molecule has 4 nitrogen and oxygen atoms in total. The van der Waals surface area contributed by atoms with Crippen LogP contribution < -0.4 is 10.6 Å². The fourth-order valence-corrected chi connectivity index (χ4v) is 2.80. The molecule has 0 aliphatic heterocycles. The summed E-state index contributed by atoms with van der Waals surface area (Å²) in [5.74, 6) is -0.184. The number of aryl methyl sites for hydroxylation is 1. The first kappa shape index (κ1) is 17.7. The molecule has 0 bridgehead atoms. The van der Waals surface area contributed by atoms with E-state index in [0.717, 1.165) is 24.0 Å². The molecule has 0 saturated heterocycles. The third-order valence-electron chi connectivity index (χ3n) is 3.81. The van der Waals surface area contributed by atoms with Crippen LogP contribution in [0.3, 0.4) is 0 Å². The van der Waals surface area contributed by atoms with E-state index in [1.165, 1.54) is 6.07 Å². The van der Waals surface area contributed by atoms with Crippen LogP contribution in [-0.4, -0.2) is 23.8 Å². The lowest BCUT2D eigenvalue weighted by molar-refractivity contribution is 0.0470. The zero-order valence-corrected chi connectivity index (χ0v) is 14.6. The van der Waals surface area contributed by atoms with Gasteiger partial charge in [-0.15, -0.1) is 0 Å². The second-order valence-corrected chi connectivity index (χ2v) is 7.83. The average Bonchev–Trinajstić information content (AvgIpc) is 2.75. The van der Waals surface area contributed by atoms with Crippen molar-refractivity contribution in [3.05, 3.63) is 35.1 Å². The lowest BCUT2D eigenvalue weighted by Gasteiger charge is -2.30. The molecule has 0 saturated carbocycles. The minimum atomic E-state index is -0.512. The van der Waals surface area contributed by atoms with E-state index in [0.29, 0.717) is 6.54 Å². The van der Waals surface area contributed by atoms with Crippen LogP contribution in [0.4, 0.5) is 9.18 Å². The molecule has 128 valence electrons. The maximum Gasteiger partial charge on any atom is 0.408 e. The lowest BCUT2D eigenvalue weighted by Crippen LogP contribution is -2.52. The second-order valence-electron chi connectivity index (χ2n) is 7.83. The Balaban J connectivity index is 1.90. The summed E-state index contributed by atoms with van der Waals surface area (Å²) in [4.78, 5) is 11.9. The summed E-state index contributed by atoms with van der Waals surface area (Å²) in [6, 6.07) is 5.17. The van der Waals surface area contributed by atoms with Gasteiger partial charge in [0.25, 0.3) is 0 Å². The van der Waals surface area contributed by atoms with Gasteiger partial charge in [0.05, 0.1) is 5.54 Å². The number of halogens is 1. The van der Waals surface area contributed by atoms with E-state index in [4.69, 9.17) is 4.74 Å². The molecular formula is C18H27FN2O2. The number of alkyl carbamates (subject to hydrolysis) is 1. The Bertz CT molecular complexity index is 579. The van der Waals surface area contributed by atoms with E-state index < -0.39 is 17.2 Å². The molecule has 1 unspecified atom stereocenters. The van der Waals surface area contributed by atoms with Gasteiger partial charge in [-0.3, -0.25) is 0 Å². The van der Waals surface area contributed by atoms with Crippen LogP contribution in [0.1, 0.15) is 58.2 Å². The third kappa shape index (κ3) is 5.20. The molecule has 1 atom stereocenters. The van der Waals surface area contributed by atoms with Gasteiger partial charge in [-0.2, -0.15) is 0 Å². The number of rotatable bonds is 4. The van der Waals surface area contributed by atoms with Gasteiger partial charge in [0, 0.05) is 12.6 Å². The van der Waals surface area contributed by atoms with Gasteiger partial charge in [0.15, 0.2) is 0 Å². The van der Waals surface area contributed by atoms with Crippen LogP contribution >= 0.6 is 0 Å². The van der Waals surface area contributed by atoms with Gasteiger partial charge in [0.2, 0.25) is 0 Å². The van der Waals surface area contributed by atoms with Crippen LogP contribution in [0.25, 0.3) is 0 Å². The molecule has 1 aliphatic rings. The van der Waals surface area contributed by atoms with Crippen molar-refractivity contribution in [2.24, 2.45) is 0 Å². The topological polar surface area (TPSA) is 50.4 Å². The van der Waals surface area contributed by atoms with Crippen LogP contribution in [0.2, 0.25) is 0 Å². The molecule has 0 spiro atoms. The Morgan fingerprint density at radius 2 is 2.00 bits per heavy atom. The first-order valence-electron chi connectivity index (χ1n) is 8.09. The number of amides is 1. The Hall–Kier alpha value is -1.62. The van der Waals surface area contributed by atoms with Crippen molar-refractivity contribution < 1.29 is 13.9 Å². The zero-order valence-electron chi connectivity index (χ0n) is 14.6. The predicted molar refractivity (Wildman–Crippen MR) is 88.9 cm³/mol. The van der Waals surface area contributed by atoms with E-state index in [2.05, 4.69) is 10.6 Å². The van der Waals surface area contributed by atoms with Crippen LogP contribution in [0.5, 0.6) is 0 Å². The largest absolute Gasteiger partial charge is 0.444 e. The summed E-state index contributed by atoms with van der Waals surface area (Å²) in [6.45, 7) is 10.0. The lowest BCUT2D eigenvalue weighted by atomic mass is 10.0. The summed E-state index contributed by atoms with van der Waals surface area (Å²) in [7, 11) is 0. The summed E-state index contributed by atoms with van der Waals surface area (Å²) in [6.07, 6.45) is 1.41. The van der Waals surface area contributed by atoms with Gasteiger partial charge in [-0.05, 0) is 70.7 Å². The smallest absolute Gasteiger partial charge is 0.408 e. The SMILES string of the molecule is CC(C)(CNC1CCc2cc(F)ccc21)NC(=O)OC(C)(C)C. The summed E-state index contributed by atoms with van der Waals surface area (Å²) in [5.41, 5.74) is 1.27. The van der Waals surface area contributed by atoms with Crippen molar-refractivity contribution in [3.8, 4) is 0 Å². The highest BCUT2D eigenvalue weighted by Gasteiger charge is 2.28. The molecule has 1 amide bonds. The highest BCUT2D eigenvalue weighted by molar-refractivity contribution is 5.68. The Morgan fingerprint density at radius 1 is 1.30 bits per heavy atom.